The third kappa shape index (κ3) is 7.92. The van der Waals surface area contributed by atoms with Crippen molar-refractivity contribution in [2.45, 2.75) is 63.8 Å². The second-order valence-electron chi connectivity index (χ2n) is 14.0. The Balaban J connectivity index is 1.06. The first-order valence-corrected chi connectivity index (χ1v) is 18.2. The van der Waals surface area contributed by atoms with Crippen LogP contribution in [0.25, 0.3) is 21.9 Å². The first-order valence-electron chi connectivity index (χ1n) is 17.9. The SMILES string of the molecule is C=NCCC1(CCN/C=C/C=C\Cc2ccc(Cl)cc2F)CC1c1nc2cc(NC(=O)c3cc(C(F)(F)F)c4n[nH]c(C)c4c3)ccc2n1CC1CCO1. The number of aromatic amines is 1. The summed E-state index contributed by atoms with van der Waals surface area (Å²) in [6.07, 6.45) is 6.97. The van der Waals surface area contributed by atoms with E-state index in [0.29, 0.717) is 53.6 Å². The van der Waals surface area contributed by atoms with Crippen LogP contribution in [0.4, 0.5) is 23.2 Å². The molecule has 2 aliphatic rings. The van der Waals surface area contributed by atoms with Gasteiger partial charge in [-0.1, -0.05) is 29.8 Å². The summed E-state index contributed by atoms with van der Waals surface area (Å²) in [6.45, 7) is 8.03. The molecule has 3 heterocycles. The van der Waals surface area contributed by atoms with E-state index in [1.54, 1.807) is 31.2 Å². The summed E-state index contributed by atoms with van der Waals surface area (Å²) in [5.41, 5.74) is 1.63. The lowest BCUT2D eigenvalue weighted by Gasteiger charge is -2.28. The number of fused-ring (bicyclic) bond motifs is 2. The van der Waals surface area contributed by atoms with Gasteiger partial charge in [-0.2, -0.15) is 18.3 Å². The van der Waals surface area contributed by atoms with Crippen molar-refractivity contribution in [3.05, 3.63) is 112 Å². The summed E-state index contributed by atoms with van der Waals surface area (Å²) in [4.78, 5) is 22.6. The van der Waals surface area contributed by atoms with Crippen molar-refractivity contribution in [1.29, 1.82) is 0 Å². The highest BCUT2D eigenvalue weighted by Crippen LogP contribution is 2.63. The zero-order valence-corrected chi connectivity index (χ0v) is 30.4. The predicted octanol–water partition coefficient (Wildman–Crippen LogP) is 8.93. The van der Waals surface area contributed by atoms with Crippen LogP contribution < -0.4 is 10.6 Å². The van der Waals surface area contributed by atoms with Crippen LogP contribution >= 0.6 is 11.6 Å². The number of carbonyl (C=O) groups excluding carboxylic acids is 1. The Hall–Kier alpha value is -5.01. The van der Waals surface area contributed by atoms with Gasteiger partial charge in [0.05, 0.1) is 29.2 Å². The number of halogens is 5. The van der Waals surface area contributed by atoms with Crippen molar-refractivity contribution in [2.24, 2.45) is 10.4 Å². The molecule has 0 radical (unpaired) electrons. The molecule has 1 saturated heterocycles. The van der Waals surface area contributed by atoms with Crippen LogP contribution in [-0.4, -0.2) is 58.2 Å². The number of alkyl halides is 3. The number of imidazole rings is 1. The largest absolute Gasteiger partial charge is 0.418 e. The third-order valence-electron chi connectivity index (χ3n) is 10.5. The van der Waals surface area contributed by atoms with Gasteiger partial charge in [0.1, 0.15) is 17.2 Å². The van der Waals surface area contributed by atoms with Crippen molar-refractivity contribution in [3.63, 3.8) is 0 Å². The molecule has 9 nitrogen and oxygen atoms in total. The van der Waals surface area contributed by atoms with Crippen LogP contribution in [0.3, 0.4) is 0 Å². The van der Waals surface area contributed by atoms with E-state index in [4.69, 9.17) is 21.3 Å². The van der Waals surface area contributed by atoms with Crippen molar-refractivity contribution in [1.82, 2.24) is 25.1 Å². The van der Waals surface area contributed by atoms with Crippen LogP contribution in [-0.2, 0) is 23.9 Å². The standard InChI is InChI=1S/C40H40ClF4N7O2/c1-24-30-18-26(19-31(40(43,44)45)36(30)51-50-24)38(53)48-28-9-10-35-34(21-28)49-37(52(35)23-29-11-17-54-29)32-22-39(32,12-15-46-2)13-16-47-14-5-3-4-6-25-7-8-27(41)20-33(25)42/h3-5,7-10,14,18-21,29,32,47H,2,6,11-13,15-17,22-23H2,1H3,(H,48,53)(H,50,51)/b4-3-,14-5+. The van der Waals surface area contributed by atoms with Gasteiger partial charge < -0.3 is 24.9 Å². The number of aryl methyl sites for hydroxylation is 1. The van der Waals surface area contributed by atoms with E-state index < -0.39 is 17.6 Å². The van der Waals surface area contributed by atoms with Crippen molar-refractivity contribution >= 4 is 51.8 Å². The number of H-pyrrole nitrogens is 1. The first kappa shape index (κ1) is 37.3. The number of rotatable bonds is 15. The summed E-state index contributed by atoms with van der Waals surface area (Å²) in [5, 5.41) is 13.2. The Labute approximate surface area is 314 Å². The number of carbonyl (C=O) groups is 1. The highest BCUT2D eigenvalue weighted by molar-refractivity contribution is 6.30. The smallest absolute Gasteiger partial charge is 0.391 e. The maximum absolute atomic E-state index is 14.0. The molecule has 1 aliphatic carbocycles. The minimum atomic E-state index is -4.69. The minimum Gasteiger partial charge on any atom is -0.391 e. The van der Waals surface area contributed by atoms with Gasteiger partial charge in [-0.3, -0.25) is 9.89 Å². The van der Waals surface area contributed by atoms with Crippen LogP contribution in [0.2, 0.25) is 5.02 Å². The normalized spacial score (nSPS) is 19.9. The number of ether oxygens (including phenoxy) is 1. The molecule has 282 valence electrons. The van der Waals surface area contributed by atoms with Crippen LogP contribution in [0.5, 0.6) is 0 Å². The lowest BCUT2D eigenvalue weighted by atomic mass is 9.94. The molecule has 2 fully saturated rings. The number of nitrogens with one attached hydrogen (secondary N) is 3. The van der Waals surface area contributed by atoms with Crippen LogP contribution in [0.1, 0.15) is 64.6 Å². The molecule has 5 aromatic rings. The number of aromatic nitrogens is 4. The van der Waals surface area contributed by atoms with E-state index in [1.807, 2.05) is 30.5 Å². The molecule has 54 heavy (non-hydrogen) atoms. The van der Waals surface area contributed by atoms with Crippen LogP contribution in [0.15, 0.2) is 78.0 Å². The first-order chi connectivity index (χ1) is 26.0. The molecule has 1 amide bonds. The van der Waals surface area contributed by atoms with Gasteiger partial charge in [-0.25, -0.2) is 9.37 Å². The summed E-state index contributed by atoms with van der Waals surface area (Å²) in [7, 11) is 0. The molecular weight excluding hydrogens is 722 g/mol. The predicted molar refractivity (Wildman–Crippen MR) is 203 cm³/mol. The molecule has 14 heteroatoms. The summed E-state index contributed by atoms with van der Waals surface area (Å²) in [6, 6.07) is 12.3. The molecule has 0 bridgehead atoms. The van der Waals surface area contributed by atoms with Crippen LogP contribution in [0, 0.1) is 18.2 Å². The molecule has 1 saturated carbocycles. The Bertz CT molecular complexity index is 2260. The molecule has 1 aliphatic heterocycles. The van der Waals surface area contributed by atoms with Crippen molar-refractivity contribution in [3.8, 4) is 0 Å². The van der Waals surface area contributed by atoms with Gasteiger partial charge in [0.2, 0.25) is 0 Å². The Morgan fingerprint density at radius 3 is 2.76 bits per heavy atom. The number of hydrogen-bond donors (Lipinski definition) is 3. The van der Waals surface area contributed by atoms with E-state index in [-0.39, 0.29) is 39.7 Å². The van der Waals surface area contributed by atoms with E-state index in [2.05, 4.69) is 37.1 Å². The molecular formula is C40H40ClF4N7O2. The molecule has 7 rings (SSSR count). The zero-order chi connectivity index (χ0) is 38.0. The van der Waals surface area contributed by atoms with Gasteiger partial charge in [0.15, 0.2) is 0 Å². The highest BCUT2D eigenvalue weighted by atomic mass is 35.5. The maximum atomic E-state index is 14.0. The maximum Gasteiger partial charge on any atom is 0.418 e. The average molecular weight is 762 g/mol. The Kier molecular flexibility index (Phi) is 10.6. The fraction of sp³-hybridized carbons (Fsp3) is 0.350. The van der Waals surface area contributed by atoms with E-state index >= 15 is 0 Å². The van der Waals surface area contributed by atoms with E-state index in [0.717, 1.165) is 49.6 Å². The fourth-order valence-electron chi connectivity index (χ4n) is 7.29. The number of aliphatic imine (C=N–C) groups is 1. The summed E-state index contributed by atoms with van der Waals surface area (Å²) < 4.78 is 63.8. The molecule has 3 aromatic carbocycles. The second-order valence-corrected chi connectivity index (χ2v) is 14.5. The van der Waals surface area contributed by atoms with Gasteiger partial charge in [0, 0.05) is 53.0 Å². The topological polar surface area (TPSA) is 109 Å². The summed E-state index contributed by atoms with van der Waals surface area (Å²) >= 11 is 5.84. The zero-order valence-electron chi connectivity index (χ0n) is 29.6. The lowest BCUT2D eigenvalue weighted by Crippen LogP contribution is -2.31. The summed E-state index contributed by atoms with van der Waals surface area (Å²) in [5.74, 6) is 0.108. The Morgan fingerprint density at radius 1 is 1.19 bits per heavy atom. The average Bonchev–Trinajstić information content (AvgIpc) is 3.52. The molecule has 3 atom stereocenters. The number of hydrogen-bond acceptors (Lipinski definition) is 6. The quantitative estimate of drug-likeness (QED) is 0.0428. The lowest BCUT2D eigenvalue weighted by molar-refractivity contribution is -0.136. The third-order valence-corrected chi connectivity index (χ3v) is 10.7. The fourth-order valence-corrected chi connectivity index (χ4v) is 7.45. The molecule has 2 aromatic heterocycles. The van der Waals surface area contributed by atoms with E-state index in [9.17, 15) is 22.4 Å². The van der Waals surface area contributed by atoms with Gasteiger partial charge in [-0.05, 0) is 111 Å². The van der Waals surface area contributed by atoms with Gasteiger partial charge in [-0.15, -0.1) is 0 Å². The number of allylic oxidation sites excluding steroid dienone is 3. The Morgan fingerprint density at radius 2 is 2.02 bits per heavy atom. The monoisotopic (exact) mass is 761 g/mol. The molecule has 3 unspecified atom stereocenters. The number of anilines is 1. The second kappa shape index (κ2) is 15.4. The highest BCUT2D eigenvalue weighted by Gasteiger charge is 2.55. The number of amides is 1. The molecule has 0 spiro atoms. The molecule has 3 N–H and O–H groups in total. The number of nitrogens with zero attached hydrogens (tertiary/aromatic N) is 4. The number of benzene rings is 3. The van der Waals surface area contributed by atoms with Crippen molar-refractivity contribution < 1.29 is 27.1 Å². The van der Waals surface area contributed by atoms with Gasteiger partial charge in [0.25, 0.3) is 5.91 Å². The minimum absolute atomic E-state index is 0.0410. The van der Waals surface area contributed by atoms with Gasteiger partial charge >= 0.3 is 6.18 Å². The van der Waals surface area contributed by atoms with E-state index in [1.165, 1.54) is 12.1 Å². The van der Waals surface area contributed by atoms with Crippen molar-refractivity contribution in [2.75, 3.05) is 25.0 Å².